The number of hydrogen-bond donors (Lipinski definition) is 2. The summed E-state index contributed by atoms with van der Waals surface area (Å²) >= 11 is 0. The molecule has 0 saturated heterocycles. The van der Waals surface area contributed by atoms with Gasteiger partial charge >= 0.3 is 0 Å². The minimum atomic E-state index is -0.666. The molecule has 0 fully saturated rings. The summed E-state index contributed by atoms with van der Waals surface area (Å²) in [6.07, 6.45) is 1.33. The highest BCUT2D eigenvalue weighted by Gasteiger charge is 2.26. The van der Waals surface area contributed by atoms with Gasteiger partial charge in [0.15, 0.2) is 0 Å². The predicted octanol–water partition coefficient (Wildman–Crippen LogP) is 2.14. The molecule has 8 nitrogen and oxygen atoms in total. The Kier molecular flexibility index (Phi) is 5.74. The van der Waals surface area contributed by atoms with E-state index in [1.807, 2.05) is 13.8 Å². The molecule has 0 aliphatic rings. The van der Waals surface area contributed by atoms with Crippen molar-refractivity contribution in [3.05, 3.63) is 44.0 Å². The smallest absolute Gasteiger partial charge is 0.280 e. The van der Waals surface area contributed by atoms with Crippen LogP contribution in [0.2, 0.25) is 0 Å². The molecule has 0 saturated carbocycles. The fourth-order valence-corrected chi connectivity index (χ4v) is 2.05. The van der Waals surface area contributed by atoms with Gasteiger partial charge in [0.05, 0.1) is 22.5 Å². The van der Waals surface area contributed by atoms with Crippen molar-refractivity contribution >= 4 is 11.4 Å². The molecule has 1 rings (SSSR count). The number of aliphatic hydroxyl groups is 1. The Morgan fingerprint density at radius 1 is 1.19 bits per heavy atom. The quantitative estimate of drug-likeness (QED) is 0.560. The molecule has 2 N–H and O–H groups in total. The average Bonchev–Trinajstić information content (AvgIpc) is 2.49. The predicted molar refractivity (Wildman–Crippen MR) is 77.0 cm³/mol. The number of nitro benzene ring substituents is 2. The first-order valence-corrected chi connectivity index (χ1v) is 6.66. The lowest BCUT2D eigenvalue weighted by Crippen LogP contribution is -2.47. The number of nitro groups is 2. The van der Waals surface area contributed by atoms with Gasteiger partial charge in [-0.2, -0.15) is 0 Å². The molecule has 8 heteroatoms. The summed E-state index contributed by atoms with van der Waals surface area (Å²) in [5, 5.41) is 34.3. The Hall–Kier alpha value is -2.06. The Morgan fingerprint density at radius 3 is 2.24 bits per heavy atom. The summed E-state index contributed by atoms with van der Waals surface area (Å²) in [4.78, 5) is 20.4. The van der Waals surface area contributed by atoms with Crippen LogP contribution < -0.4 is 5.32 Å². The van der Waals surface area contributed by atoms with Gasteiger partial charge in [-0.3, -0.25) is 20.2 Å². The number of aliphatic hydroxyl groups excluding tert-OH is 1. The number of non-ortho nitro benzene ring substituents is 1. The molecule has 0 atom stereocenters. The number of benzene rings is 1. The molecule has 0 bridgehead atoms. The van der Waals surface area contributed by atoms with E-state index < -0.39 is 15.4 Å². The number of nitrogens with one attached hydrogen (secondary N) is 1. The van der Waals surface area contributed by atoms with Crippen LogP contribution in [-0.2, 0) is 6.54 Å². The van der Waals surface area contributed by atoms with Crippen molar-refractivity contribution in [3.8, 4) is 0 Å². The average molecular weight is 297 g/mol. The highest BCUT2D eigenvalue weighted by molar-refractivity contribution is 5.49. The maximum absolute atomic E-state index is 11.0. The van der Waals surface area contributed by atoms with Gasteiger partial charge in [0.25, 0.3) is 11.4 Å². The fourth-order valence-electron chi connectivity index (χ4n) is 2.05. The maximum atomic E-state index is 11.0. The highest BCUT2D eigenvalue weighted by atomic mass is 16.6. The van der Waals surface area contributed by atoms with Crippen LogP contribution in [-0.4, -0.2) is 27.1 Å². The molecule has 0 aliphatic heterocycles. The summed E-state index contributed by atoms with van der Waals surface area (Å²) in [6, 6.07) is 3.56. The van der Waals surface area contributed by atoms with E-state index in [9.17, 15) is 25.3 Å². The molecule has 116 valence electrons. The van der Waals surface area contributed by atoms with Crippen LogP contribution in [0.3, 0.4) is 0 Å². The molecular weight excluding hydrogens is 278 g/mol. The Balaban J connectivity index is 3.03. The highest BCUT2D eigenvalue weighted by Crippen LogP contribution is 2.25. The van der Waals surface area contributed by atoms with Gasteiger partial charge in [0.2, 0.25) is 0 Å². The Bertz CT molecular complexity index is 520. The van der Waals surface area contributed by atoms with Crippen LogP contribution >= 0.6 is 0 Å². The second kappa shape index (κ2) is 7.09. The van der Waals surface area contributed by atoms with Crippen molar-refractivity contribution in [2.45, 2.75) is 38.8 Å². The van der Waals surface area contributed by atoms with Gasteiger partial charge in [-0.15, -0.1) is 0 Å². The second-order valence-corrected chi connectivity index (χ2v) is 4.83. The molecular formula is C13H19N3O5. The molecule has 0 heterocycles. The standard InChI is InChI=1S/C13H19N3O5/c1-3-13(4-2,9-17)14-8-10-5-6-11(15(18)19)7-12(10)16(20)21/h5-7,14,17H,3-4,8-9H2,1-2H3. The van der Waals surface area contributed by atoms with E-state index in [1.165, 1.54) is 12.1 Å². The molecule has 0 amide bonds. The summed E-state index contributed by atoms with van der Waals surface area (Å²) in [5.41, 5.74) is -0.763. The normalized spacial score (nSPS) is 11.4. The first kappa shape index (κ1) is 17.0. The summed E-state index contributed by atoms with van der Waals surface area (Å²) in [5.74, 6) is 0. The summed E-state index contributed by atoms with van der Waals surface area (Å²) < 4.78 is 0. The lowest BCUT2D eigenvalue weighted by molar-refractivity contribution is -0.394. The zero-order valence-electron chi connectivity index (χ0n) is 12.0. The van der Waals surface area contributed by atoms with Crippen molar-refractivity contribution in [1.29, 1.82) is 0 Å². The van der Waals surface area contributed by atoms with E-state index in [2.05, 4.69) is 5.32 Å². The van der Waals surface area contributed by atoms with Crippen molar-refractivity contribution in [1.82, 2.24) is 5.32 Å². The minimum absolute atomic E-state index is 0.0826. The lowest BCUT2D eigenvalue weighted by Gasteiger charge is -2.30. The first-order chi connectivity index (χ1) is 9.89. The second-order valence-electron chi connectivity index (χ2n) is 4.83. The molecule has 0 spiro atoms. The van der Waals surface area contributed by atoms with Crippen LogP contribution in [0.5, 0.6) is 0 Å². The van der Waals surface area contributed by atoms with Gasteiger partial charge in [-0.25, -0.2) is 0 Å². The van der Waals surface area contributed by atoms with E-state index in [0.29, 0.717) is 18.4 Å². The van der Waals surface area contributed by atoms with Crippen molar-refractivity contribution in [2.24, 2.45) is 0 Å². The van der Waals surface area contributed by atoms with Crippen LogP contribution in [0, 0.1) is 20.2 Å². The zero-order valence-corrected chi connectivity index (χ0v) is 12.0. The van der Waals surface area contributed by atoms with Crippen LogP contribution in [0.4, 0.5) is 11.4 Å². The third kappa shape index (κ3) is 3.96. The molecule has 0 radical (unpaired) electrons. The Morgan fingerprint density at radius 2 is 1.81 bits per heavy atom. The van der Waals surface area contributed by atoms with Gasteiger partial charge in [-0.1, -0.05) is 13.8 Å². The number of rotatable bonds is 8. The molecule has 1 aromatic carbocycles. The van der Waals surface area contributed by atoms with Gasteiger partial charge in [0.1, 0.15) is 0 Å². The topological polar surface area (TPSA) is 119 Å². The molecule has 0 unspecified atom stereocenters. The van der Waals surface area contributed by atoms with E-state index in [-0.39, 0.29) is 24.5 Å². The minimum Gasteiger partial charge on any atom is -0.394 e. The van der Waals surface area contributed by atoms with E-state index in [1.54, 1.807) is 0 Å². The number of hydrogen-bond acceptors (Lipinski definition) is 6. The van der Waals surface area contributed by atoms with Gasteiger partial charge < -0.3 is 10.4 Å². The molecule has 21 heavy (non-hydrogen) atoms. The van der Waals surface area contributed by atoms with Crippen molar-refractivity contribution in [3.63, 3.8) is 0 Å². The maximum Gasteiger partial charge on any atom is 0.280 e. The van der Waals surface area contributed by atoms with Gasteiger partial charge in [0, 0.05) is 23.7 Å². The molecule has 0 aliphatic carbocycles. The van der Waals surface area contributed by atoms with Crippen molar-refractivity contribution in [2.75, 3.05) is 6.61 Å². The third-order valence-electron chi connectivity index (χ3n) is 3.79. The monoisotopic (exact) mass is 297 g/mol. The SMILES string of the molecule is CCC(CC)(CO)NCc1ccc([N+](=O)[O-])cc1[N+](=O)[O-]. The van der Waals surface area contributed by atoms with E-state index in [4.69, 9.17) is 0 Å². The Labute approximate surface area is 122 Å². The number of nitrogens with zero attached hydrogens (tertiary/aromatic N) is 2. The van der Waals surface area contributed by atoms with Crippen LogP contribution in [0.25, 0.3) is 0 Å². The van der Waals surface area contributed by atoms with Crippen LogP contribution in [0.15, 0.2) is 18.2 Å². The van der Waals surface area contributed by atoms with Gasteiger partial charge in [-0.05, 0) is 18.9 Å². The van der Waals surface area contributed by atoms with Crippen molar-refractivity contribution < 1.29 is 15.0 Å². The third-order valence-corrected chi connectivity index (χ3v) is 3.79. The summed E-state index contributed by atoms with van der Waals surface area (Å²) in [7, 11) is 0. The van der Waals surface area contributed by atoms with E-state index in [0.717, 1.165) is 6.07 Å². The zero-order chi connectivity index (χ0) is 16.0. The van der Waals surface area contributed by atoms with Crippen LogP contribution in [0.1, 0.15) is 32.3 Å². The fraction of sp³-hybridized carbons (Fsp3) is 0.538. The molecule has 0 aromatic heterocycles. The first-order valence-electron chi connectivity index (χ1n) is 6.66. The lowest BCUT2D eigenvalue weighted by atomic mass is 9.93. The molecule has 1 aromatic rings. The largest absolute Gasteiger partial charge is 0.394 e. The van der Waals surface area contributed by atoms with E-state index >= 15 is 0 Å². The summed E-state index contributed by atoms with van der Waals surface area (Å²) in [6.45, 7) is 3.91.